The summed E-state index contributed by atoms with van der Waals surface area (Å²) in [5.74, 6) is 0.555. The summed E-state index contributed by atoms with van der Waals surface area (Å²) >= 11 is 6.76. The Morgan fingerprint density at radius 2 is 1.71 bits per heavy atom. The first-order chi connectivity index (χ1) is 7.88. The van der Waals surface area contributed by atoms with Crippen molar-refractivity contribution in [3.63, 3.8) is 0 Å². The van der Waals surface area contributed by atoms with Gasteiger partial charge in [-0.2, -0.15) is 0 Å². The second-order valence-electron chi connectivity index (χ2n) is 4.66. The number of amides is 1. The highest BCUT2D eigenvalue weighted by Crippen LogP contribution is 2.20. The third-order valence-electron chi connectivity index (χ3n) is 2.33. The van der Waals surface area contributed by atoms with Crippen molar-refractivity contribution in [2.24, 2.45) is 5.92 Å². The number of carbonyl (C=O) groups excluding carboxylic acids is 1. The molecular formula is C13H17Br2NO. The molecule has 1 N–H and O–H groups in total. The molecule has 17 heavy (non-hydrogen) atoms. The van der Waals surface area contributed by atoms with Crippen molar-refractivity contribution < 1.29 is 4.79 Å². The minimum absolute atomic E-state index is 0.0276. The van der Waals surface area contributed by atoms with E-state index in [0.717, 1.165) is 15.4 Å². The second-order valence-corrected chi connectivity index (χ2v) is 6.49. The maximum Gasteiger partial charge on any atom is 0.251 e. The molecule has 0 bridgehead atoms. The minimum atomic E-state index is -0.0276. The molecule has 0 fully saturated rings. The maximum atomic E-state index is 12.0. The van der Waals surface area contributed by atoms with Crippen molar-refractivity contribution >= 4 is 37.8 Å². The Bertz CT molecular complexity index is 384. The second kappa shape index (κ2) is 6.55. The van der Waals surface area contributed by atoms with E-state index in [9.17, 15) is 4.79 Å². The van der Waals surface area contributed by atoms with E-state index in [2.05, 4.69) is 51.0 Å². The first-order valence-electron chi connectivity index (χ1n) is 5.65. The Balaban J connectivity index is 2.69. The number of hydrogen-bond acceptors (Lipinski definition) is 1. The van der Waals surface area contributed by atoms with Crippen LogP contribution in [0.4, 0.5) is 0 Å². The molecule has 0 aliphatic rings. The molecule has 4 heteroatoms. The number of hydrogen-bond donors (Lipinski definition) is 1. The van der Waals surface area contributed by atoms with Gasteiger partial charge in [0.05, 0.1) is 0 Å². The lowest BCUT2D eigenvalue weighted by Gasteiger charge is -2.16. The summed E-state index contributed by atoms with van der Waals surface area (Å²) in [6.45, 7) is 6.33. The molecule has 0 spiro atoms. The van der Waals surface area contributed by atoms with Gasteiger partial charge in [-0.3, -0.25) is 4.79 Å². The van der Waals surface area contributed by atoms with Crippen molar-refractivity contribution in [1.82, 2.24) is 5.32 Å². The number of rotatable bonds is 4. The van der Waals surface area contributed by atoms with Gasteiger partial charge in [-0.25, -0.2) is 0 Å². The normalized spacial score (nSPS) is 12.6. The van der Waals surface area contributed by atoms with Gasteiger partial charge in [-0.1, -0.05) is 45.7 Å². The van der Waals surface area contributed by atoms with Crippen LogP contribution in [0.3, 0.4) is 0 Å². The quantitative estimate of drug-likeness (QED) is 0.846. The smallest absolute Gasteiger partial charge is 0.251 e. The molecule has 0 aromatic heterocycles. The highest BCUT2D eigenvalue weighted by molar-refractivity contribution is 9.11. The molecule has 0 heterocycles. The maximum absolute atomic E-state index is 12.0. The van der Waals surface area contributed by atoms with Crippen LogP contribution in [0.5, 0.6) is 0 Å². The van der Waals surface area contributed by atoms with Gasteiger partial charge in [0.15, 0.2) is 0 Å². The van der Waals surface area contributed by atoms with E-state index in [4.69, 9.17) is 0 Å². The monoisotopic (exact) mass is 361 g/mol. The molecule has 0 saturated carbocycles. The Morgan fingerprint density at radius 3 is 2.18 bits per heavy atom. The Morgan fingerprint density at radius 1 is 1.18 bits per heavy atom. The van der Waals surface area contributed by atoms with E-state index < -0.39 is 0 Å². The van der Waals surface area contributed by atoms with Crippen molar-refractivity contribution in [3.05, 3.63) is 32.7 Å². The molecule has 2 nitrogen and oxygen atoms in total. The van der Waals surface area contributed by atoms with E-state index in [0.29, 0.717) is 11.5 Å². The fourth-order valence-electron chi connectivity index (χ4n) is 1.76. The third-order valence-corrected chi connectivity index (χ3v) is 3.24. The van der Waals surface area contributed by atoms with Gasteiger partial charge in [-0.15, -0.1) is 0 Å². The summed E-state index contributed by atoms with van der Waals surface area (Å²) in [5.41, 5.74) is 0.668. The summed E-state index contributed by atoms with van der Waals surface area (Å²) in [7, 11) is 0. The molecular weight excluding hydrogens is 346 g/mol. The van der Waals surface area contributed by atoms with Crippen LogP contribution in [-0.2, 0) is 0 Å². The zero-order valence-corrected chi connectivity index (χ0v) is 13.4. The molecule has 1 aromatic carbocycles. The molecule has 0 aliphatic heterocycles. The molecule has 0 saturated heterocycles. The molecule has 1 unspecified atom stereocenters. The van der Waals surface area contributed by atoms with E-state index >= 15 is 0 Å². The standard InChI is InChI=1S/C13H17Br2NO/c1-8(2)4-9(3)16-13(17)10-5-11(14)7-12(15)6-10/h5-9H,4H2,1-3H3,(H,16,17). The van der Waals surface area contributed by atoms with Crippen LogP contribution in [0.15, 0.2) is 27.1 Å². The molecule has 1 atom stereocenters. The van der Waals surface area contributed by atoms with Crippen LogP contribution >= 0.6 is 31.9 Å². The van der Waals surface area contributed by atoms with Gasteiger partial charge in [0.1, 0.15) is 0 Å². The Hall–Kier alpha value is -0.350. The van der Waals surface area contributed by atoms with Crippen LogP contribution in [0.25, 0.3) is 0 Å². The fourth-order valence-corrected chi connectivity index (χ4v) is 3.05. The van der Waals surface area contributed by atoms with Crippen molar-refractivity contribution in [2.45, 2.75) is 33.2 Å². The number of carbonyl (C=O) groups is 1. The number of benzene rings is 1. The molecule has 1 rings (SSSR count). The van der Waals surface area contributed by atoms with Crippen LogP contribution in [0, 0.1) is 5.92 Å². The SMILES string of the molecule is CC(C)CC(C)NC(=O)c1cc(Br)cc(Br)c1. The number of halogens is 2. The van der Waals surface area contributed by atoms with Gasteiger partial charge < -0.3 is 5.32 Å². The molecule has 0 radical (unpaired) electrons. The first-order valence-corrected chi connectivity index (χ1v) is 7.24. The first kappa shape index (κ1) is 14.7. The molecule has 0 aliphatic carbocycles. The van der Waals surface area contributed by atoms with E-state index in [1.54, 1.807) is 0 Å². The lowest BCUT2D eigenvalue weighted by molar-refractivity contribution is 0.0936. The zero-order chi connectivity index (χ0) is 13.0. The van der Waals surface area contributed by atoms with Gasteiger partial charge in [0.25, 0.3) is 5.91 Å². The van der Waals surface area contributed by atoms with Crippen LogP contribution in [-0.4, -0.2) is 11.9 Å². The Kier molecular flexibility index (Phi) is 5.67. The van der Waals surface area contributed by atoms with E-state index in [1.165, 1.54) is 0 Å². The van der Waals surface area contributed by atoms with Gasteiger partial charge in [-0.05, 0) is 37.5 Å². The molecule has 94 valence electrons. The van der Waals surface area contributed by atoms with Gasteiger partial charge in [0.2, 0.25) is 0 Å². The van der Waals surface area contributed by atoms with Crippen molar-refractivity contribution in [1.29, 1.82) is 0 Å². The Labute approximate surface area is 119 Å². The van der Waals surface area contributed by atoms with Gasteiger partial charge in [0, 0.05) is 20.6 Å². The predicted molar refractivity (Wildman–Crippen MR) is 78.2 cm³/mol. The van der Waals surface area contributed by atoms with Crippen LogP contribution in [0.1, 0.15) is 37.6 Å². The summed E-state index contributed by atoms with van der Waals surface area (Å²) in [4.78, 5) is 12.0. The zero-order valence-electron chi connectivity index (χ0n) is 10.3. The van der Waals surface area contributed by atoms with E-state index in [-0.39, 0.29) is 11.9 Å². The third kappa shape index (κ3) is 5.21. The lowest BCUT2D eigenvalue weighted by atomic mass is 10.0. The van der Waals surface area contributed by atoms with E-state index in [1.807, 2.05) is 25.1 Å². The average molecular weight is 363 g/mol. The average Bonchev–Trinajstić information content (AvgIpc) is 2.14. The summed E-state index contributed by atoms with van der Waals surface area (Å²) in [5, 5.41) is 3.00. The fraction of sp³-hybridized carbons (Fsp3) is 0.462. The van der Waals surface area contributed by atoms with Crippen LogP contribution < -0.4 is 5.32 Å². The highest BCUT2D eigenvalue weighted by atomic mass is 79.9. The summed E-state index contributed by atoms with van der Waals surface area (Å²) in [6, 6.07) is 5.75. The van der Waals surface area contributed by atoms with Crippen molar-refractivity contribution in [2.75, 3.05) is 0 Å². The minimum Gasteiger partial charge on any atom is -0.350 e. The molecule has 1 aromatic rings. The predicted octanol–water partition coefficient (Wildman–Crippen LogP) is 4.38. The largest absolute Gasteiger partial charge is 0.350 e. The summed E-state index contributed by atoms with van der Waals surface area (Å²) in [6.07, 6.45) is 0.987. The highest BCUT2D eigenvalue weighted by Gasteiger charge is 2.11. The van der Waals surface area contributed by atoms with Gasteiger partial charge >= 0.3 is 0 Å². The topological polar surface area (TPSA) is 29.1 Å². The van der Waals surface area contributed by atoms with Crippen LogP contribution in [0.2, 0.25) is 0 Å². The lowest BCUT2D eigenvalue weighted by Crippen LogP contribution is -2.33. The number of nitrogens with one attached hydrogen (secondary N) is 1. The summed E-state index contributed by atoms with van der Waals surface area (Å²) < 4.78 is 1.79. The molecule has 1 amide bonds. The van der Waals surface area contributed by atoms with Crippen molar-refractivity contribution in [3.8, 4) is 0 Å².